The summed E-state index contributed by atoms with van der Waals surface area (Å²) in [7, 11) is 0. The van der Waals surface area contributed by atoms with Gasteiger partial charge in [-0.25, -0.2) is 4.98 Å². The third-order valence-corrected chi connectivity index (χ3v) is 4.85. The Hall–Kier alpha value is -0.940. The van der Waals surface area contributed by atoms with Gasteiger partial charge in [-0.15, -0.1) is 11.3 Å². The van der Waals surface area contributed by atoms with E-state index in [1.807, 2.05) is 20.0 Å². The van der Waals surface area contributed by atoms with Crippen LogP contribution in [0, 0.1) is 12.3 Å². The molecule has 0 saturated carbocycles. The lowest BCUT2D eigenvalue weighted by atomic mass is 9.77. The van der Waals surface area contributed by atoms with Crippen molar-refractivity contribution in [1.29, 1.82) is 0 Å². The van der Waals surface area contributed by atoms with Crippen LogP contribution in [0.25, 0.3) is 0 Å². The first-order chi connectivity index (χ1) is 8.90. The molecule has 2 N–H and O–H groups in total. The zero-order valence-electron chi connectivity index (χ0n) is 12.1. The molecule has 1 aliphatic heterocycles. The van der Waals surface area contributed by atoms with Crippen LogP contribution in [0.1, 0.15) is 49.5 Å². The molecule has 19 heavy (non-hydrogen) atoms. The number of nitrogens with one attached hydrogen (secondary N) is 2. The van der Waals surface area contributed by atoms with Gasteiger partial charge in [0.25, 0.3) is 0 Å². The van der Waals surface area contributed by atoms with E-state index in [0.717, 1.165) is 24.4 Å². The first-order valence-corrected chi connectivity index (χ1v) is 7.68. The van der Waals surface area contributed by atoms with Crippen LogP contribution < -0.4 is 10.6 Å². The monoisotopic (exact) mass is 281 g/mol. The van der Waals surface area contributed by atoms with Crippen molar-refractivity contribution in [2.75, 3.05) is 6.54 Å². The van der Waals surface area contributed by atoms with Crippen molar-refractivity contribution < 1.29 is 4.79 Å². The Morgan fingerprint density at radius 2 is 2.37 bits per heavy atom. The number of carbonyl (C=O) groups excluding carboxylic acids is 1. The summed E-state index contributed by atoms with van der Waals surface area (Å²) >= 11 is 1.64. The van der Waals surface area contributed by atoms with E-state index in [2.05, 4.69) is 29.5 Å². The molecular weight excluding hydrogens is 258 g/mol. The van der Waals surface area contributed by atoms with Crippen molar-refractivity contribution in [1.82, 2.24) is 15.6 Å². The minimum Gasteiger partial charge on any atom is -0.346 e. The van der Waals surface area contributed by atoms with Gasteiger partial charge in [0.15, 0.2) is 0 Å². The van der Waals surface area contributed by atoms with Gasteiger partial charge in [-0.3, -0.25) is 4.79 Å². The second-order valence-corrected chi connectivity index (χ2v) is 7.29. The lowest BCUT2D eigenvalue weighted by Gasteiger charge is -2.38. The Balaban J connectivity index is 2.00. The van der Waals surface area contributed by atoms with Gasteiger partial charge >= 0.3 is 0 Å². The number of aromatic nitrogens is 1. The fourth-order valence-electron chi connectivity index (χ4n) is 2.59. The number of nitrogens with zero attached hydrogens (tertiary/aromatic N) is 1. The highest BCUT2D eigenvalue weighted by Crippen LogP contribution is 2.30. The summed E-state index contributed by atoms with van der Waals surface area (Å²) in [5, 5.41) is 7.40. The molecule has 0 aliphatic carbocycles. The first kappa shape index (κ1) is 14.5. The van der Waals surface area contributed by atoms with Gasteiger partial charge < -0.3 is 10.6 Å². The standard InChI is InChI=1S/C14H23N3OS/c1-9-8-16-13(19-9)10(2)17-12(18)11-14(3,4)6-5-7-15-11/h8,10-11,15H,5-7H2,1-4H3,(H,17,18). The average molecular weight is 281 g/mol. The second kappa shape index (κ2) is 5.59. The van der Waals surface area contributed by atoms with E-state index in [1.165, 1.54) is 4.88 Å². The van der Waals surface area contributed by atoms with Gasteiger partial charge in [0, 0.05) is 11.1 Å². The smallest absolute Gasteiger partial charge is 0.238 e. The van der Waals surface area contributed by atoms with Crippen molar-refractivity contribution in [3.05, 3.63) is 16.1 Å². The number of thiazole rings is 1. The SMILES string of the molecule is Cc1cnc(C(C)NC(=O)C2NCCCC2(C)C)s1. The lowest BCUT2D eigenvalue weighted by molar-refractivity contribution is -0.127. The molecule has 0 spiro atoms. The Bertz CT molecular complexity index is 455. The molecule has 5 heteroatoms. The summed E-state index contributed by atoms with van der Waals surface area (Å²) in [5.41, 5.74) is 0.0147. The summed E-state index contributed by atoms with van der Waals surface area (Å²) in [6, 6.07) is -0.129. The summed E-state index contributed by atoms with van der Waals surface area (Å²) in [6.45, 7) is 9.25. The number of hydrogen-bond acceptors (Lipinski definition) is 4. The second-order valence-electron chi connectivity index (χ2n) is 6.02. The third-order valence-electron chi connectivity index (χ3n) is 3.76. The van der Waals surface area contributed by atoms with Crippen LogP contribution in [0.5, 0.6) is 0 Å². The average Bonchev–Trinajstić information content (AvgIpc) is 2.75. The first-order valence-electron chi connectivity index (χ1n) is 6.86. The van der Waals surface area contributed by atoms with E-state index in [1.54, 1.807) is 11.3 Å². The quantitative estimate of drug-likeness (QED) is 0.894. The summed E-state index contributed by atoms with van der Waals surface area (Å²) < 4.78 is 0. The largest absolute Gasteiger partial charge is 0.346 e. The molecule has 2 unspecified atom stereocenters. The molecule has 2 heterocycles. The van der Waals surface area contributed by atoms with E-state index >= 15 is 0 Å². The number of aryl methyl sites for hydroxylation is 1. The van der Waals surface area contributed by atoms with Crippen LogP contribution in [-0.2, 0) is 4.79 Å². The molecule has 1 aromatic rings. The molecule has 0 aromatic carbocycles. The van der Waals surface area contributed by atoms with E-state index in [4.69, 9.17) is 0 Å². The van der Waals surface area contributed by atoms with E-state index in [0.29, 0.717) is 0 Å². The maximum Gasteiger partial charge on any atom is 0.238 e. The van der Waals surface area contributed by atoms with Crippen LogP contribution in [0.2, 0.25) is 0 Å². The van der Waals surface area contributed by atoms with E-state index in [-0.39, 0.29) is 23.4 Å². The molecule has 2 rings (SSSR count). The van der Waals surface area contributed by atoms with Gasteiger partial charge in [0.05, 0.1) is 12.1 Å². The van der Waals surface area contributed by atoms with Crippen molar-refractivity contribution in [3.63, 3.8) is 0 Å². The molecule has 1 saturated heterocycles. The minimum atomic E-state index is -0.107. The maximum absolute atomic E-state index is 12.4. The van der Waals surface area contributed by atoms with Gasteiger partial charge in [0.2, 0.25) is 5.91 Å². The maximum atomic E-state index is 12.4. The Kier molecular flexibility index (Phi) is 4.26. The topological polar surface area (TPSA) is 54.0 Å². The normalized spacial score (nSPS) is 23.9. The summed E-state index contributed by atoms with van der Waals surface area (Å²) in [4.78, 5) is 17.9. The lowest BCUT2D eigenvalue weighted by Crippen LogP contribution is -2.55. The Morgan fingerprint density at radius 3 is 2.95 bits per heavy atom. The zero-order valence-corrected chi connectivity index (χ0v) is 12.9. The predicted octanol–water partition coefficient (Wildman–Crippen LogP) is 2.41. The van der Waals surface area contributed by atoms with Gasteiger partial charge in [-0.05, 0) is 38.6 Å². The number of amides is 1. The number of hydrogen-bond donors (Lipinski definition) is 2. The number of carbonyl (C=O) groups is 1. The highest BCUT2D eigenvalue weighted by Gasteiger charge is 2.37. The molecule has 0 radical (unpaired) electrons. The fraction of sp³-hybridized carbons (Fsp3) is 0.714. The van der Waals surface area contributed by atoms with Crippen LogP contribution in [0.4, 0.5) is 0 Å². The Morgan fingerprint density at radius 1 is 1.63 bits per heavy atom. The van der Waals surface area contributed by atoms with Crippen molar-refractivity contribution >= 4 is 17.2 Å². The molecule has 2 atom stereocenters. The number of rotatable bonds is 3. The molecule has 106 valence electrons. The molecule has 1 aliphatic rings. The molecular formula is C14H23N3OS. The molecule has 1 fully saturated rings. The van der Waals surface area contributed by atoms with Crippen molar-refractivity contribution in [2.24, 2.45) is 5.41 Å². The highest BCUT2D eigenvalue weighted by molar-refractivity contribution is 7.11. The minimum absolute atomic E-state index is 0.0147. The van der Waals surface area contributed by atoms with E-state index < -0.39 is 0 Å². The molecule has 4 nitrogen and oxygen atoms in total. The van der Waals surface area contributed by atoms with Crippen LogP contribution in [0.3, 0.4) is 0 Å². The zero-order chi connectivity index (χ0) is 14.0. The van der Waals surface area contributed by atoms with Crippen LogP contribution in [0.15, 0.2) is 6.20 Å². The van der Waals surface area contributed by atoms with Crippen molar-refractivity contribution in [2.45, 2.75) is 52.6 Å². The summed E-state index contributed by atoms with van der Waals surface area (Å²) in [5.74, 6) is 0.0880. The summed E-state index contributed by atoms with van der Waals surface area (Å²) in [6.07, 6.45) is 4.08. The highest BCUT2D eigenvalue weighted by atomic mass is 32.1. The molecule has 0 bridgehead atoms. The van der Waals surface area contributed by atoms with Crippen LogP contribution in [-0.4, -0.2) is 23.5 Å². The Labute approximate surface area is 119 Å². The number of piperidine rings is 1. The van der Waals surface area contributed by atoms with Gasteiger partial charge in [0.1, 0.15) is 5.01 Å². The van der Waals surface area contributed by atoms with Gasteiger partial charge in [-0.2, -0.15) is 0 Å². The van der Waals surface area contributed by atoms with Crippen molar-refractivity contribution in [3.8, 4) is 0 Å². The molecule has 1 amide bonds. The van der Waals surface area contributed by atoms with E-state index in [9.17, 15) is 4.79 Å². The van der Waals surface area contributed by atoms with Crippen LogP contribution >= 0.6 is 11.3 Å². The molecule has 1 aromatic heterocycles. The third kappa shape index (κ3) is 3.34. The fourth-order valence-corrected chi connectivity index (χ4v) is 3.37. The predicted molar refractivity (Wildman–Crippen MR) is 78.2 cm³/mol. The van der Waals surface area contributed by atoms with Gasteiger partial charge in [-0.1, -0.05) is 13.8 Å².